The Kier molecular flexibility index (Phi) is 31.4. The summed E-state index contributed by atoms with van der Waals surface area (Å²) in [6.07, 6.45) is 29.2. The van der Waals surface area contributed by atoms with Crippen LogP contribution in [0.1, 0.15) is 155 Å². The first-order chi connectivity index (χ1) is 23.6. The number of carbonyl (C=O) groups is 3. The van der Waals surface area contributed by atoms with Crippen LogP contribution in [0.15, 0.2) is 24.3 Å². The maximum Gasteiger partial charge on any atom is 0.306 e. The Morgan fingerprint density at radius 3 is 1.51 bits per heavy atom. The molecule has 9 heteroatoms. The summed E-state index contributed by atoms with van der Waals surface area (Å²) < 4.78 is 22.4. The highest BCUT2D eigenvalue weighted by Crippen LogP contribution is 2.12. The number of carbonyl (C=O) groups excluding carboxylic acids is 3. The number of allylic oxidation sites excluding steroid dienone is 4. The van der Waals surface area contributed by atoms with Gasteiger partial charge in [0.25, 0.3) is 0 Å². The van der Waals surface area contributed by atoms with E-state index in [-0.39, 0.29) is 38.6 Å². The molecule has 0 aromatic heterocycles. The van der Waals surface area contributed by atoms with Crippen molar-refractivity contribution in [2.45, 2.75) is 167 Å². The van der Waals surface area contributed by atoms with E-state index in [0.717, 1.165) is 77.0 Å². The number of carboxylic acid groups (broad SMARTS) is 1. The van der Waals surface area contributed by atoms with Gasteiger partial charge >= 0.3 is 11.9 Å². The van der Waals surface area contributed by atoms with E-state index in [9.17, 15) is 19.5 Å². The zero-order valence-electron chi connectivity index (χ0n) is 32.1. The Hall–Kier alpha value is -2.23. The first-order valence-corrected chi connectivity index (χ1v) is 19.5. The summed E-state index contributed by atoms with van der Waals surface area (Å²) in [5, 5.41) is 11.6. The molecule has 0 saturated heterocycles. The van der Waals surface area contributed by atoms with Crippen molar-refractivity contribution in [2.24, 2.45) is 0 Å². The van der Waals surface area contributed by atoms with Crippen LogP contribution in [0.4, 0.5) is 0 Å². The molecular weight excluding hydrogens is 622 g/mol. The van der Waals surface area contributed by atoms with Gasteiger partial charge in [0, 0.05) is 12.8 Å². The summed E-state index contributed by atoms with van der Waals surface area (Å²) in [5.74, 6) is -2.31. The van der Waals surface area contributed by atoms with Gasteiger partial charge < -0.3 is 33.3 Å². The number of esters is 2. The second kappa shape index (κ2) is 32.9. The summed E-state index contributed by atoms with van der Waals surface area (Å²) in [6, 6.07) is 0. The van der Waals surface area contributed by atoms with Crippen LogP contribution in [0.5, 0.6) is 0 Å². The molecule has 0 aliphatic heterocycles. The maximum absolute atomic E-state index is 12.6. The van der Waals surface area contributed by atoms with E-state index in [4.69, 9.17) is 18.9 Å². The third kappa shape index (κ3) is 34.0. The normalized spacial score (nSPS) is 13.2. The van der Waals surface area contributed by atoms with Crippen LogP contribution in [0.3, 0.4) is 0 Å². The molecule has 0 bridgehead atoms. The fourth-order valence-corrected chi connectivity index (χ4v) is 5.05. The molecule has 0 spiro atoms. The summed E-state index contributed by atoms with van der Waals surface area (Å²) in [6.45, 7) is 4.64. The molecule has 49 heavy (non-hydrogen) atoms. The average Bonchev–Trinajstić information content (AvgIpc) is 3.05. The monoisotopic (exact) mass is 696 g/mol. The number of likely N-dealkylation sites (N-methyl/N-ethyl adjacent to an activating group) is 1. The van der Waals surface area contributed by atoms with E-state index in [1.54, 1.807) is 0 Å². The Balaban J connectivity index is 4.56. The van der Waals surface area contributed by atoms with Gasteiger partial charge in [-0.1, -0.05) is 102 Å². The van der Waals surface area contributed by atoms with Crippen LogP contribution in [-0.2, 0) is 33.3 Å². The van der Waals surface area contributed by atoms with Crippen molar-refractivity contribution in [3.05, 3.63) is 24.3 Å². The van der Waals surface area contributed by atoms with Crippen LogP contribution in [0, 0.1) is 0 Å². The SMILES string of the molecule is CCCCC/C=C\CCCCCCCC(=O)OCC(COC(OCC[N+](C)(C)C)C(=O)[O-])OC(=O)CCCCCCC/C=C\CCCCC. The summed E-state index contributed by atoms with van der Waals surface area (Å²) in [4.78, 5) is 36.7. The molecule has 0 aromatic rings. The lowest BCUT2D eigenvalue weighted by Gasteiger charge is -2.26. The van der Waals surface area contributed by atoms with E-state index < -0.39 is 24.3 Å². The molecule has 0 N–H and O–H groups in total. The number of hydrogen-bond donors (Lipinski definition) is 0. The highest BCUT2D eigenvalue weighted by Gasteiger charge is 2.21. The Labute approximate surface area is 299 Å². The predicted molar refractivity (Wildman–Crippen MR) is 196 cm³/mol. The van der Waals surface area contributed by atoms with Crippen LogP contribution in [-0.4, -0.2) is 82.3 Å². The molecule has 0 aromatic carbocycles. The first kappa shape index (κ1) is 46.8. The number of aliphatic carboxylic acids is 1. The van der Waals surface area contributed by atoms with Gasteiger partial charge in [-0.15, -0.1) is 0 Å². The lowest BCUT2D eigenvalue weighted by Crippen LogP contribution is -2.44. The minimum Gasteiger partial charge on any atom is -0.545 e. The van der Waals surface area contributed by atoms with Crippen molar-refractivity contribution < 1.29 is 42.9 Å². The van der Waals surface area contributed by atoms with Gasteiger partial charge in [0.05, 0.1) is 40.3 Å². The van der Waals surface area contributed by atoms with Crippen LogP contribution in [0.25, 0.3) is 0 Å². The molecule has 0 saturated carbocycles. The second-order valence-corrected chi connectivity index (χ2v) is 14.2. The van der Waals surface area contributed by atoms with Crippen LogP contribution < -0.4 is 5.11 Å². The zero-order valence-corrected chi connectivity index (χ0v) is 32.1. The van der Waals surface area contributed by atoms with Crippen LogP contribution in [0.2, 0.25) is 0 Å². The number of hydrogen-bond acceptors (Lipinski definition) is 8. The lowest BCUT2D eigenvalue weighted by molar-refractivity contribution is -0.870. The van der Waals surface area contributed by atoms with Gasteiger partial charge in [0.1, 0.15) is 13.2 Å². The van der Waals surface area contributed by atoms with Gasteiger partial charge in [0.2, 0.25) is 0 Å². The number of unbranched alkanes of at least 4 members (excludes halogenated alkanes) is 16. The Morgan fingerprint density at radius 1 is 0.592 bits per heavy atom. The number of ether oxygens (including phenoxy) is 4. The van der Waals surface area contributed by atoms with Gasteiger partial charge in [-0.05, 0) is 64.2 Å². The van der Waals surface area contributed by atoms with Crippen molar-refractivity contribution in [2.75, 3.05) is 47.5 Å². The average molecular weight is 696 g/mol. The second-order valence-electron chi connectivity index (χ2n) is 14.2. The van der Waals surface area contributed by atoms with Gasteiger partial charge in [-0.3, -0.25) is 9.59 Å². The van der Waals surface area contributed by atoms with Gasteiger partial charge in [-0.2, -0.15) is 0 Å². The maximum atomic E-state index is 12.6. The molecule has 0 aliphatic rings. The molecule has 2 atom stereocenters. The van der Waals surface area contributed by atoms with Crippen molar-refractivity contribution in [3.8, 4) is 0 Å². The lowest BCUT2D eigenvalue weighted by atomic mass is 10.1. The number of carboxylic acids is 1. The largest absolute Gasteiger partial charge is 0.545 e. The minimum absolute atomic E-state index is 0.145. The molecule has 0 aliphatic carbocycles. The van der Waals surface area contributed by atoms with E-state index in [0.29, 0.717) is 17.4 Å². The molecule has 0 heterocycles. The van der Waals surface area contributed by atoms with E-state index in [2.05, 4.69) is 38.2 Å². The van der Waals surface area contributed by atoms with Crippen molar-refractivity contribution >= 4 is 17.9 Å². The van der Waals surface area contributed by atoms with Gasteiger partial charge in [-0.25, -0.2) is 0 Å². The number of quaternary nitrogens is 1. The standard InChI is InChI=1S/C40H73NO8/c1-6-8-10-12-14-16-18-20-22-24-26-28-30-37(42)47-34-36(35-48-40(39(44)45)46-33-32-41(3,4)5)49-38(43)31-29-27-25-23-21-19-17-15-13-11-9-7-2/h14-17,36,40H,6-13,18-35H2,1-5H3/b16-14-,17-15-. The Morgan fingerprint density at radius 2 is 1.04 bits per heavy atom. The number of rotatable bonds is 35. The van der Waals surface area contributed by atoms with E-state index in [1.165, 1.54) is 44.9 Å². The Bertz CT molecular complexity index is 867. The number of nitrogens with zero attached hydrogens (tertiary/aromatic N) is 1. The third-order valence-electron chi connectivity index (χ3n) is 8.17. The molecule has 2 unspecified atom stereocenters. The summed E-state index contributed by atoms with van der Waals surface area (Å²) in [7, 11) is 5.89. The molecule has 0 radical (unpaired) electrons. The zero-order chi connectivity index (χ0) is 36.4. The summed E-state index contributed by atoms with van der Waals surface area (Å²) in [5.41, 5.74) is 0. The fourth-order valence-electron chi connectivity index (χ4n) is 5.05. The van der Waals surface area contributed by atoms with Crippen molar-refractivity contribution in [3.63, 3.8) is 0 Å². The smallest absolute Gasteiger partial charge is 0.306 e. The molecule has 0 fully saturated rings. The molecule has 286 valence electrons. The minimum atomic E-state index is -1.62. The highest BCUT2D eigenvalue weighted by molar-refractivity contribution is 5.70. The van der Waals surface area contributed by atoms with E-state index >= 15 is 0 Å². The van der Waals surface area contributed by atoms with Crippen molar-refractivity contribution in [1.82, 2.24) is 0 Å². The quantitative estimate of drug-likeness (QED) is 0.0216. The topological polar surface area (TPSA) is 111 Å². The predicted octanol–water partition coefficient (Wildman–Crippen LogP) is 7.99. The summed E-state index contributed by atoms with van der Waals surface area (Å²) >= 11 is 0. The third-order valence-corrected chi connectivity index (χ3v) is 8.17. The van der Waals surface area contributed by atoms with Crippen LogP contribution >= 0.6 is 0 Å². The van der Waals surface area contributed by atoms with Gasteiger partial charge in [0.15, 0.2) is 12.4 Å². The highest BCUT2D eigenvalue weighted by atomic mass is 16.7. The first-order valence-electron chi connectivity index (χ1n) is 19.5. The molecular formula is C40H73NO8. The van der Waals surface area contributed by atoms with E-state index in [1.807, 2.05) is 21.1 Å². The molecule has 0 amide bonds. The molecule has 0 rings (SSSR count). The van der Waals surface area contributed by atoms with Crippen molar-refractivity contribution in [1.29, 1.82) is 0 Å². The fraction of sp³-hybridized carbons (Fsp3) is 0.825. The molecule has 9 nitrogen and oxygen atoms in total.